The number of fused-ring (bicyclic) bond motifs is 1. The Morgan fingerprint density at radius 1 is 1.35 bits per heavy atom. The number of nitrogens with one attached hydrogen (secondary N) is 1. The molecular weight excluding hydrogens is 300 g/mol. The van der Waals surface area contributed by atoms with Gasteiger partial charge in [-0.2, -0.15) is 5.10 Å². The summed E-state index contributed by atoms with van der Waals surface area (Å²) >= 11 is 0. The molecule has 2 aromatic rings. The number of aromatic amines is 1. The Kier molecular flexibility index (Phi) is 6.30. The van der Waals surface area contributed by atoms with Gasteiger partial charge in [-0.1, -0.05) is 0 Å². The molecule has 23 heavy (non-hydrogen) atoms. The molecule has 0 aromatic carbocycles. The lowest BCUT2D eigenvalue weighted by atomic mass is 10.1. The van der Waals surface area contributed by atoms with Gasteiger partial charge in [-0.3, -0.25) is 5.10 Å². The lowest BCUT2D eigenvalue weighted by Crippen LogP contribution is -2.37. The third-order valence-corrected chi connectivity index (χ3v) is 3.27. The normalized spacial score (nSPS) is 14.3. The molecule has 2 aromatic heterocycles. The third-order valence-electron chi connectivity index (χ3n) is 3.27. The molecule has 1 aliphatic heterocycles. The van der Waals surface area contributed by atoms with Gasteiger partial charge in [0.15, 0.2) is 5.65 Å². The lowest BCUT2D eigenvalue weighted by molar-refractivity contribution is 0.0526. The monoisotopic (exact) mass is 322 g/mol. The zero-order valence-electron chi connectivity index (χ0n) is 13.7. The van der Waals surface area contributed by atoms with Crippen LogP contribution in [0.3, 0.4) is 0 Å². The highest BCUT2D eigenvalue weighted by molar-refractivity contribution is 6.04. The molecular formula is C15H22N4O4. The first-order valence-corrected chi connectivity index (χ1v) is 7.44. The van der Waals surface area contributed by atoms with Gasteiger partial charge in [0.2, 0.25) is 0 Å². The average molecular weight is 322 g/mol. The van der Waals surface area contributed by atoms with Gasteiger partial charge in [0.25, 0.3) is 0 Å². The number of hydrogen-bond donors (Lipinski definition) is 1. The van der Waals surface area contributed by atoms with Crippen LogP contribution in [0, 0.1) is 0 Å². The molecule has 0 aliphatic carbocycles. The number of nitrogens with zero attached hydrogens (tertiary/aromatic N) is 3. The maximum atomic E-state index is 12.1. The molecule has 0 spiro atoms. The van der Waals surface area contributed by atoms with Gasteiger partial charge in [-0.15, -0.1) is 0 Å². The van der Waals surface area contributed by atoms with Gasteiger partial charge >= 0.3 is 5.97 Å². The van der Waals surface area contributed by atoms with Crippen LogP contribution in [0.4, 0.5) is 5.69 Å². The Morgan fingerprint density at radius 2 is 2.04 bits per heavy atom. The van der Waals surface area contributed by atoms with Crippen LogP contribution >= 0.6 is 0 Å². The Balaban J connectivity index is 0.000000595. The molecule has 1 N–H and O–H groups in total. The lowest BCUT2D eigenvalue weighted by Gasteiger charge is -2.30. The van der Waals surface area contributed by atoms with Crippen molar-refractivity contribution in [2.45, 2.75) is 6.92 Å². The number of hydrogen-bond acceptors (Lipinski definition) is 7. The topological polar surface area (TPSA) is 89.6 Å². The van der Waals surface area contributed by atoms with E-state index in [1.807, 2.05) is 0 Å². The van der Waals surface area contributed by atoms with E-state index in [2.05, 4.69) is 24.8 Å². The molecule has 8 heteroatoms. The van der Waals surface area contributed by atoms with Gasteiger partial charge < -0.3 is 19.1 Å². The summed E-state index contributed by atoms with van der Waals surface area (Å²) in [5, 5.41) is 7.66. The van der Waals surface area contributed by atoms with Crippen molar-refractivity contribution in [2.75, 3.05) is 52.0 Å². The summed E-state index contributed by atoms with van der Waals surface area (Å²) < 4.78 is 14.7. The van der Waals surface area contributed by atoms with E-state index in [4.69, 9.17) is 9.47 Å². The molecule has 0 bridgehead atoms. The minimum atomic E-state index is -0.357. The summed E-state index contributed by atoms with van der Waals surface area (Å²) in [6, 6.07) is 0. The van der Waals surface area contributed by atoms with E-state index >= 15 is 0 Å². The highest BCUT2D eigenvalue weighted by Crippen LogP contribution is 2.29. The molecule has 0 atom stereocenters. The summed E-state index contributed by atoms with van der Waals surface area (Å²) in [7, 11) is 3.25. The first-order valence-electron chi connectivity index (χ1n) is 7.44. The molecule has 0 saturated carbocycles. The van der Waals surface area contributed by atoms with Crippen molar-refractivity contribution in [3.05, 3.63) is 18.0 Å². The number of carbonyl (C=O) groups is 1. The summed E-state index contributed by atoms with van der Waals surface area (Å²) in [6.45, 7) is 4.88. The van der Waals surface area contributed by atoms with Crippen LogP contribution in [-0.4, -0.2) is 68.3 Å². The molecule has 0 radical (unpaired) electrons. The maximum absolute atomic E-state index is 12.1. The fourth-order valence-electron chi connectivity index (χ4n) is 2.37. The van der Waals surface area contributed by atoms with Crippen molar-refractivity contribution in [2.24, 2.45) is 0 Å². The van der Waals surface area contributed by atoms with E-state index in [1.165, 1.54) is 0 Å². The smallest absolute Gasteiger partial charge is 0.341 e. The molecule has 0 amide bonds. The van der Waals surface area contributed by atoms with Crippen molar-refractivity contribution in [1.29, 1.82) is 0 Å². The Hall–Kier alpha value is -2.19. The molecule has 0 unspecified atom stereocenters. The second-order valence-electron chi connectivity index (χ2n) is 4.88. The van der Waals surface area contributed by atoms with Crippen LogP contribution in [0.2, 0.25) is 0 Å². The second kappa shape index (κ2) is 8.44. The zero-order chi connectivity index (χ0) is 16.7. The van der Waals surface area contributed by atoms with Gasteiger partial charge in [0.1, 0.15) is 5.56 Å². The summed E-state index contributed by atoms with van der Waals surface area (Å²) in [4.78, 5) is 18.5. The fraction of sp³-hybridized carbons (Fsp3) is 0.533. The average Bonchev–Trinajstić information content (AvgIpc) is 3.04. The summed E-state index contributed by atoms with van der Waals surface area (Å²) in [6.07, 6.45) is 3.24. The van der Waals surface area contributed by atoms with Gasteiger partial charge in [0.05, 0.1) is 37.1 Å². The SMILES string of the molecule is CCOC(=O)c1cnc2[nH]ncc2c1N1CCOCC1.COC. The van der Waals surface area contributed by atoms with Crippen molar-refractivity contribution in [3.8, 4) is 0 Å². The number of esters is 1. The molecule has 1 saturated heterocycles. The second-order valence-corrected chi connectivity index (χ2v) is 4.88. The van der Waals surface area contributed by atoms with E-state index in [1.54, 1.807) is 33.5 Å². The van der Waals surface area contributed by atoms with E-state index in [0.717, 1.165) is 24.2 Å². The number of aromatic nitrogens is 3. The highest BCUT2D eigenvalue weighted by atomic mass is 16.5. The molecule has 8 nitrogen and oxygen atoms in total. The highest BCUT2D eigenvalue weighted by Gasteiger charge is 2.23. The molecule has 3 heterocycles. The number of rotatable bonds is 3. The van der Waals surface area contributed by atoms with E-state index in [9.17, 15) is 4.79 Å². The molecule has 3 rings (SSSR count). The van der Waals surface area contributed by atoms with E-state index < -0.39 is 0 Å². The Morgan fingerprint density at radius 3 is 2.70 bits per heavy atom. The predicted octanol–water partition coefficient (Wildman–Crippen LogP) is 1.23. The Labute approximate surface area is 134 Å². The zero-order valence-corrected chi connectivity index (χ0v) is 13.7. The van der Waals surface area contributed by atoms with Crippen LogP contribution in [0.5, 0.6) is 0 Å². The summed E-state index contributed by atoms with van der Waals surface area (Å²) in [5.74, 6) is -0.357. The molecule has 126 valence electrons. The van der Waals surface area contributed by atoms with Gasteiger partial charge in [0, 0.05) is 33.5 Å². The van der Waals surface area contributed by atoms with Crippen LogP contribution in [0.1, 0.15) is 17.3 Å². The number of methoxy groups -OCH3 is 1. The minimum Gasteiger partial charge on any atom is -0.462 e. The fourth-order valence-corrected chi connectivity index (χ4v) is 2.37. The van der Waals surface area contributed by atoms with Gasteiger partial charge in [-0.05, 0) is 6.92 Å². The first kappa shape index (κ1) is 17.2. The van der Waals surface area contributed by atoms with Crippen molar-refractivity contribution in [1.82, 2.24) is 15.2 Å². The van der Waals surface area contributed by atoms with Crippen LogP contribution in [-0.2, 0) is 14.2 Å². The molecule has 1 aliphatic rings. The number of H-pyrrole nitrogens is 1. The van der Waals surface area contributed by atoms with Gasteiger partial charge in [-0.25, -0.2) is 9.78 Å². The van der Waals surface area contributed by atoms with Crippen LogP contribution < -0.4 is 4.90 Å². The largest absolute Gasteiger partial charge is 0.462 e. The third kappa shape index (κ3) is 3.96. The number of pyridine rings is 1. The quantitative estimate of drug-likeness (QED) is 0.850. The van der Waals surface area contributed by atoms with Crippen molar-refractivity contribution in [3.63, 3.8) is 0 Å². The van der Waals surface area contributed by atoms with E-state index in [0.29, 0.717) is 31.0 Å². The minimum absolute atomic E-state index is 0.338. The number of anilines is 1. The maximum Gasteiger partial charge on any atom is 0.341 e. The standard InChI is InChI=1S/C13H16N4O3.C2H6O/c1-2-20-13(18)10-7-14-12-9(8-15-16-12)11(10)17-3-5-19-6-4-17;1-3-2/h7-8H,2-6H2,1H3,(H,14,15,16);1-2H3. The van der Waals surface area contributed by atoms with E-state index in [-0.39, 0.29) is 5.97 Å². The number of carbonyl (C=O) groups excluding carboxylic acids is 1. The first-order chi connectivity index (χ1) is 11.2. The van der Waals surface area contributed by atoms with Crippen LogP contribution in [0.15, 0.2) is 12.4 Å². The predicted molar refractivity (Wildman–Crippen MR) is 85.8 cm³/mol. The van der Waals surface area contributed by atoms with Crippen molar-refractivity contribution < 1.29 is 19.0 Å². The number of ether oxygens (including phenoxy) is 3. The Bertz CT molecular complexity index is 637. The number of morpholine rings is 1. The molecule has 1 fully saturated rings. The van der Waals surface area contributed by atoms with Crippen LogP contribution in [0.25, 0.3) is 11.0 Å². The summed E-state index contributed by atoms with van der Waals surface area (Å²) in [5.41, 5.74) is 1.97. The van der Waals surface area contributed by atoms with Crippen molar-refractivity contribution >= 4 is 22.7 Å².